The maximum Gasteiger partial charge on any atom is 0.286 e. The third-order valence-electron chi connectivity index (χ3n) is 2.23. The molecule has 1 aromatic rings. The fourth-order valence-electron chi connectivity index (χ4n) is 1.42. The molecule has 0 atom stereocenters. The van der Waals surface area contributed by atoms with Gasteiger partial charge in [0.2, 0.25) is 11.6 Å². The van der Waals surface area contributed by atoms with Gasteiger partial charge in [-0.3, -0.25) is 9.36 Å². The highest BCUT2D eigenvalue weighted by Crippen LogP contribution is 2.33. The third kappa shape index (κ3) is 1.58. The maximum atomic E-state index is 11.5. The Bertz CT molecular complexity index is 450. The SMILES string of the molecule is CCc1c(OC)c(N=O)c(=O)n(C)c1O. The van der Waals surface area contributed by atoms with Gasteiger partial charge in [0.05, 0.1) is 12.7 Å². The van der Waals surface area contributed by atoms with Gasteiger partial charge in [0, 0.05) is 7.05 Å². The molecule has 0 aliphatic heterocycles. The van der Waals surface area contributed by atoms with E-state index in [1.54, 1.807) is 6.92 Å². The Hall–Kier alpha value is -1.85. The van der Waals surface area contributed by atoms with E-state index in [4.69, 9.17) is 4.74 Å². The van der Waals surface area contributed by atoms with E-state index in [2.05, 4.69) is 5.18 Å². The normalized spacial score (nSPS) is 10.1. The summed E-state index contributed by atoms with van der Waals surface area (Å²) in [6.45, 7) is 1.77. The van der Waals surface area contributed by atoms with Gasteiger partial charge in [-0.2, -0.15) is 0 Å². The Labute approximate surface area is 86.1 Å². The van der Waals surface area contributed by atoms with E-state index in [-0.39, 0.29) is 17.3 Å². The van der Waals surface area contributed by atoms with Gasteiger partial charge >= 0.3 is 0 Å². The van der Waals surface area contributed by atoms with E-state index < -0.39 is 5.56 Å². The molecule has 1 heterocycles. The molecule has 0 fully saturated rings. The Morgan fingerprint density at radius 3 is 2.53 bits per heavy atom. The standard InChI is InChI=1S/C9H12N2O4/c1-4-5-7(15-3)6(10-14)9(13)11(2)8(5)12/h12H,4H2,1-3H3. The summed E-state index contributed by atoms with van der Waals surface area (Å²) < 4.78 is 5.88. The number of pyridine rings is 1. The molecule has 1 aromatic heterocycles. The number of nitrogens with zero attached hydrogens (tertiary/aromatic N) is 2. The zero-order chi connectivity index (χ0) is 11.6. The fourth-order valence-corrected chi connectivity index (χ4v) is 1.42. The van der Waals surface area contributed by atoms with Crippen LogP contribution in [-0.2, 0) is 13.5 Å². The molecule has 1 N–H and O–H groups in total. The molecule has 6 heteroatoms. The van der Waals surface area contributed by atoms with Crippen molar-refractivity contribution in [2.45, 2.75) is 13.3 Å². The smallest absolute Gasteiger partial charge is 0.286 e. The van der Waals surface area contributed by atoms with Crippen molar-refractivity contribution in [1.29, 1.82) is 0 Å². The fraction of sp³-hybridized carbons (Fsp3) is 0.444. The Kier molecular flexibility index (Phi) is 3.08. The van der Waals surface area contributed by atoms with Crippen molar-refractivity contribution in [3.8, 4) is 11.6 Å². The molecule has 82 valence electrons. The monoisotopic (exact) mass is 212 g/mol. The van der Waals surface area contributed by atoms with Gasteiger partial charge in [-0.1, -0.05) is 6.92 Å². The summed E-state index contributed by atoms with van der Waals surface area (Å²) in [4.78, 5) is 22.0. The summed E-state index contributed by atoms with van der Waals surface area (Å²) >= 11 is 0. The van der Waals surface area contributed by atoms with Gasteiger partial charge in [-0.25, -0.2) is 0 Å². The number of ether oxygens (including phenoxy) is 1. The highest BCUT2D eigenvalue weighted by Gasteiger charge is 2.20. The van der Waals surface area contributed by atoms with Crippen molar-refractivity contribution in [2.24, 2.45) is 12.2 Å². The van der Waals surface area contributed by atoms with Crippen molar-refractivity contribution in [3.05, 3.63) is 20.8 Å². The zero-order valence-corrected chi connectivity index (χ0v) is 8.77. The number of hydrogen-bond acceptors (Lipinski definition) is 5. The van der Waals surface area contributed by atoms with Crippen LogP contribution in [0.15, 0.2) is 9.97 Å². The van der Waals surface area contributed by atoms with Gasteiger partial charge in [-0.05, 0) is 11.6 Å². The third-order valence-corrected chi connectivity index (χ3v) is 2.23. The van der Waals surface area contributed by atoms with E-state index in [9.17, 15) is 14.8 Å². The molecular weight excluding hydrogens is 200 g/mol. The Balaban J connectivity index is 3.74. The molecule has 0 aliphatic rings. The molecule has 6 nitrogen and oxygen atoms in total. The van der Waals surface area contributed by atoms with Crippen LogP contribution in [0.2, 0.25) is 0 Å². The summed E-state index contributed by atoms with van der Waals surface area (Å²) in [7, 11) is 2.69. The van der Waals surface area contributed by atoms with Crippen molar-refractivity contribution in [1.82, 2.24) is 4.57 Å². The number of rotatable bonds is 3. The predicted octanol–water partition coefficient (Wildman–Crippen LogP) is 1.06. The molecule has 0 amide bonds. The average molecular weight is 212 g/mol. The van der Waals surface area contributed by atoms with Gasteiger partial charge in [-0.15, -0.1) is 4.91 Å². The van der Waals surface area contributed by atoms with Gasteiger partial charge in [0.15, 0.2) is 5.75 Å². The van der Waals surface area contributed by atoms with Crippen LogP contribution in [0.4, 0.5) is 5.69 Å². The van der Waals surface area contributed by atoms with E-state index in [1.165, 1.54) is 14.2 Å². The lowest BCUT2D eigenvalue weighted by Gasteiger charge is -2.12. The maximum absolute atomic E-state index is 11.5. The molecule has 0 unspecified atom stereocenters. The van der Waals surface area contributed by atoms with Crippen molar-refractivity contribution in [2.75, 3.05) is 7.11 Å². The van der Waals surface area contributed by atoms with Gasteiger partial charge in [0.1, 0.15) is 0 Å². The predicted molar refractivity (Wildman–Crippen MR) is 54.7 cm³/mol. The zero-order valence-electron chi connectivity index (χ0n) is 8.77. The minimum atomic E-state index is -0.670. The molecule has 0 aromatic carbocycles. The summed E-state index contributed by atoms with van der Waals surface area (Å²) in [5, 5.41) is 12.3. The molecule has 0 saturated heterocycles. The average Bonchev–Trinajstić information content (AvgIpc) is 2.25. The lowest BCUT2D eigenvalue weighted by atomic mass is 10.1. The summed E-state index contributed by atoms with van der Waals surface area (Å²) in [6.07, 6.45) is 0.436. The van der Waals surface area contributed by atoms with Crippen molar-refractivity contribution in [3.63, 3.8) is 0 Å². The quantitative estimate of drug-likeness (QED) is 0.759. The van der Waals surface area contributed by atoms with E-state index in [1.807, 2.05) is 0 Å². The van der Waals surface area contributed by atoms with E-state index >= 15 is 0 Å². The van der Waals surface area contributed by atoms with Crippen LogP contribution in [-0.4, -0.2) is 16.8 Å². The molecule has 0 radical (unpaired) electrons. The minimum absolute atomic E-state index is 0.0492. The van der Waals surface area contributed by atoms with Crippen molar-refractivity contribution < 1.29 is 9.84 Å². The molecular formula is C9H12N2O4. The highest BCUT2D eigenvalue weighted by molar-refractivity contribution is 5.57. The molecule has 0 aliphatic carbocycles. The Morgan fingerprint density at radius 1 is 1.53 bits per heavy atom. The van der Waals surface area contributed by atoms with E-state index in [0.29, 0.717) is 12.0 Å². The number of methoxy groups -OCH3 is 1. The first-order valence-electron chi connectivity index (χ1n) is 4.40. The van der Waals surface area contributed by atoms with Crippen LogP contribution in [0.25, 0.3) is 0 Å². The second-order valence-corrected chi connectivity index (χ2v) is 2.99. The molecule has 0 bridgehead atoms. The molecule has 1 rings (SSSR count). The lowest BCUT2D eigenvalue weighted by Crippen LogP contribution is -2.18. The van der Waals surface area contributed by atoms with Crippen LogP contribution >= 0.6 is 0 Å². The summed E-state index contributed by atoms with van der Waals surface area (Å²) in [5.74, 6) is -0.153. The largest absolute Gasteiger partial charge is 0.494 e. The van der Waals surface area contributed by atoms with Crippen LogP contribution in [0.5, 0.6) is 11.6 Å². The number of nitroso groups, excluding NO2 is 1. The van der Waals surface area contributed by atoms with E-state index in [0.717, 1.165) is 4.57 Å². The lowest BCUT2D eigenvalue weighted by molar-refractivity contribution is 0.382. The van der Waals surface area contributed by atoms with Gasteiger partial charge < -0.3 is 9.84 Å². The van der Waals surface area contributed by atoms with Crippen LogP contribution in [0, 0.1) is 4.91 Å². The summed E-state index contributed by atoms with van der Waals surface area (Å²) in [5.41, 5.74) is -0.583. The first kappa shape index (κ1) is 11.2. The molecule has 0 saturated carbocycles. The van der Waals surface area contributed by atoms with Crippen LogP contribution in [0.1, 0.15) is 12.5 Å². The number of aromatic nitrogens is 1. The van der Waals surface area contributed by atoms with Crippen LogP contribution < -0.4 is 10.3 Å². The van der Waals surface area contributed by atoms with Crippen LogP contribution in [0.3, 0.4) is 0 Å². The second kappa shape index (κ2) is 4.12. The Morgan fingerprint density at radius 2 is 2.13 bits per heavy atom. The minimum Gasteiger partial charge on any atom is -0.494 e. The number of hydrogen-bond donors (Lipinski definition) is 1. The molecule has 15 heavy (non-hydrogen) atoms. The van der Waals surface area contributed by atoms with Gasteiger partial charge in [0.25, 0.3) is 5.56 Å². The highest BCUT2D eigenvalue weighted by atomic mass is 16.5. The van der Waals surface area contributed by atoms with Crippen molar-refractivity contribution >= 4 is 5.69 Å². The first-order valence-corrected chi connectivity index (χ1v) is 4.40. The number of aromatic hydroxyl groups is 1. The molecule has 0 spiro atoms. The summed E-state index contributed by atoms with van der Waals surface area (Å²) in [6, 6.07) is 0. The second-order valence-electron chi connectivity index (χ2n) is 2.99. The topological polar surface area (TPSA) is 80.9 Å². The first-order chi connectivity index (χ1) is 7.08.